The molecule has 0 aromatic heterocycles. The molecule has 1 heterocycles. The van der Waals surface area contributed by atoms with Crippen molar-refractivity contribution in [3.8, 4) is 0 Å². The van der Waals surface area contributed by atoms with Crippen LogP contribution < -0.4 is 5.32 Å². The highest BCUT2D eigenvalue weighted by atomic mass is 16.2. The van der Waals surface area contributed by atoms with E-state index in [4.69, 9.17) is 0 Å². The first-order chi connectivity index (χ1) is 12.7. The molecule has 3 aromatic rings. The molecule has 130 valence electrons. The molecule has 3 heteroatoms. The molecule has 0 aliphatic carbocycles. The predicted molar refractivity (Wildman–Crippen MR) is 104 cm³/mol. The molecular formula is C23H22N2O. The van der Waals surface area contributed by atoms with Gasteiger partial charge in [-0.15, -0.1) is 0 Å². The van der Waals surface area contributed by atoms with Gasteiger partial charge >= 0.3 is 6.03 Å². The molecule has 4 rings (SSSR count). The SMILES string of the molecule is CN1C(=O)N[C@H](c2ccccc2)Cc2ccccc2[C@H]1c1ccccc1. The van der Waals surface area contributed by atoms with E-state index in [0.717, 1.165) is 17.5 Å². The summed E-state index contributed by atoms with van der Waals surface area (Å²) in [7, 11) is 1.87. The van der Waals surface area contributed by atoms with Crippen molar-refractivity contribution in [2.75, 3.05) is 7.05 Å². The van der Waals surface area contributed by atoms with Gasteiger partial charge in [0.15, 0.2) is 0 Å². The lowest BCUT2D eigenvalue weighted by Crippen LogP contribution is -2.44. The molecule has 0 spiro atoms. The van der Waals surface area contributed by atoms with Crippen molar-refractivity contribution in [3.63, 3.8) is 0 Å². The second-order valence-corrected chi connectivity index (χ2v) is 6.74. The zero-order chi connectivity index (χ0) is 17.9. The third-order valence-electron chi connectivity index (χ3n) is 5.10. The molecule has 0 radical (unpaired) electrons. The largest absolute Gasteiger partial charge is 0.331 e. The first-order valence-corrected chi connectivity index (χ1v) is 8.95. The van der Waals surface area contributed by atoms with Gasteiger partial charge < -0.3 is 10.2 Å². The van der Waals surface area contributed by atoms with Gasteiger partial charge in [0.2, 0.25) is 0 Å². The van der Waals surface area contributed by atoms with Crippen LogP contribution in [-0.2, 0) is 6.42 Å². The Labute approximate surface area is 154 Å². The molecule has 0 saturated carbocycles. The summed E-state index contributed by atoms with van der Waals surface area (Å²) in [6.07, 6.45) is 0.781. The van der Waals surface area contributed by atoms with Crippen LogP contribution in [0.1, 0.15) is 34.3 Å². The highest BCUT2D eigenvalue weighted by Gasteiger charge is 2.30. The summed E-state index contributed by atoms with van der Waals surface area (Å²) >= 11 is 0. The van der Waals surface area contributed by atoms with Gasteiger partial charge in [0.25, 0.3) is 0 Å². The van der Waals surface area contributed by atoms with E-state index < -0.39 is 0 Å². The molecule has 1 aliphatic heterocycles. The van der Waals surface area contributed by atoms with Gasteiger partial charge in [-0.2, -0.15) is 0 Å². The second-order valence-electron chi connectivity index (χ2n) is 6.74. The minimum absolute atomic E-state index is 0.0379. The number of carbonyl (C=O) groups excluding carboxylic acids is 1. The van der Waals surface area contributed by atoms with Crippen molar-refractivity contribution in [1.82, 2.24) is 10.2 Å². The summed E-state index contributed by atoms with van der Waals surface area (Å²) in [6, 6.07) is 28.7. The zero-order valence-corrected chi connectivity index (χ0v) is 14.8. The number of amides is 2. The maximum Gasteiger partial charge on any atom is 0.318 e. The summed E-state index contributed by atoms with van der Waals surface area (Å²) in [4.78, 5) is 14.8. The van der Waals surface area contributed by atoms with Crippen molar-refractivity contribution in [2.24, 2.45) is 0 Å². The van der Waals surface area contributed by atoms with Gasteiger partial charge in [-0.25, -0.2) is 4.79 Å². The smallest absolute Gasteiger partial charge is 0.318 e. The topological polar surface area (TPSA) is 32.3 Å². The Morgan fingerprint density at radius 1 is 0.808 bits per heavy atom. The fraction of sp³-hybridized carbons (Fsp3) is 0.174. The molecule has 2 atom stereocenters. The molecule has 3 nitrogen and oxygen atoms in total. The third-order valence-corrected chi connectivity index (χ3v) is 5.10. The summed E-state index contributed by atoms with van der Waals surface area (Å²) < 4.78 is 0. The lowest BCUT2D eigenvalue weighted by atomic mass is 9.88. The first-order valence-electron chi connectivity index (χ1n) is 8.95. The number of benzene rings is 3. The van der Waals surface area contributed by atoms with E-state index in [2.05, 4.69) is 53.8 Å². The van der Waals surface area contributed by atoms with E-state index in [0.29, 0.717) is 0 Å². The number of rotatable bonds is 2. The van der Waals surface area contributed by atoms with E-state index in [1.54, 1.807) is 0 Å². The van der Waals surface area contributed by atoms with Crippen molar-refractivity contribution < 1.29 is 4.79 Å². The maximum atomic E-state index is 13.0. The minimum atomic E-state index is -0.0934. The molecule has 2 amide bonds. The zero-order valence-electron chi connectivity index (χ0n) is 14.8. The van der Waals surface area contributed by atoms with Crippen molar-refractivity contribution in [1.29, 1.82) is 0 Å². The van der Waals surface area contributed by atoms with Crippen LogP contribution in [0.25, 0.3) is 0 Å². The lowest BCUT2D eigenvalue weighted by Gasteiger charge is -2.35. The number of carbonyl (C=O) groups is 1. The van der Waals surface area contributed by atoms with Gasteiger partial charge in [-0.05, 0) is 28.7 Å². The average Bonchev–Trinajstić information content (AvgIpc) is 2.69. The van der Waals surface area contributed by atoms with Gasteiger partial charge in [-0.1, -0.05) is 84.9 Å². The Balaban J connectivity index is 1.82. The van der Waals surface area contributed by atoms with E-state index in [1.165, 1.54) is 11.1 Å². The molecule has 3 aromatic carbocycles. The normalized spacial score (nSPS) is 19.9. The number of fused-ring (bicyclic) bond motifs is 1. The predicted octanol–water partition coefficient (Wildman–Crippen LogP) is 4.71. The lowest BCUT2D eigenvalue weighted by molar-refractivity contribution is 0.191. The van der Waals surface area contributed by atoms with Gasteiger partial charge in [0.1, 0.15) is 0 Å². The maximum absolute atomic E-state index is 13.0. The third kappa shape index (κ3) is 3.08. The van der Waals surface area contributed by atoms with E-state index >= 15 is 0 Å². The quantitative estimate of drug-likeness (QED) is 0.718. The Hall–Kier alpha value is -3.07. The summed E-state index contributed by atoms with van der Waals surface area (Å²) in [5.74, 6) is 0. The molecule has 1 N–H and O–H groups in total. The Morgan fingerprint density at radius 2 is 1.38 bits per heavy atom. The molecule has 0 saturated heterocycles. The Bertz CT molecular complexity index is 892. The van der Waals surface area contributed by atoms with Crippen LogP contribution in [-0.4, -0.2) is 18.0 Å². The molecule has 26 heavy (non-hydrogen) atoms. The Morgan fingerprint density at radius 3 is 2.08 bits per heavy atom. The number of urea groups is 1. The van der Waals surface area contributed by atoms with Gasteiger partial charge in [-0.3, -0.25) is 0 Å². The minimum Gasteiger partial charge on any atom is -0.331 e. The van der Waals surface area contributed by atoms with E-state index in [1.807, 2.05) is 48.3 Å². The number of nitrogens with one attached hydrogen (secondary N) is 1. The van der Waals surface area contributed by atoms with Crippen LogP contribution in [0.2, 0.25) is 0 Å². The van der Waals surface area contributed by atoms with Crippen LogP contribution >= 0.6 is 0 Å². The van der Waals surface area contributed by atoms with Gasteiger partial charge in [0.05, 0.1) is 12.1 Å². The summed E-state index contributed by atoms with van der Waals surface area (Å²) in [6.45, 7) is 0. The summed E-state index contributed by atoms with van der Waals surface area (Å²) in [5, 5.41) is 3.21. The standard InChI is InChI=1S/C23H22N2O/c1-25-22(18-12-6-3-7-13-18)20-15-9-8-14-19(20)16-21(24-23(25)26)17-10-4-2-5-11-17/h2-15,21-22H,16H2,1H3,(H,24,26)/t21-,22+/m0/s1. The monoisotopic (exact) mass is 342 g/mol. The fourth-order valence-corrected chi connectivity index (χ4v) is 3.76. The van der Waals surface area contributed by atoms with Crippen LogP contribution in [0, 0.1) is 0 Å². The second kappa shape index (κ2) is 7.04. The van der Waals surface area contributed by atoms with Crippen molar-refractivity contribution in [2.45, 2.75) is 18.5 Å². The molecule has 0 fully saturated rings. The van der Waals surface area contributed by atoms with Crippen molar-refractivity contribution >= 4 is 6.03 Å². The Kier molecular flexibility index (Phi) is 4.44. The number of nitrogens with zero attached hydrogens (tertiary/aromatic N) is 1. The first kappa shape index (κ1) is 16.4. The van der Waals surface area contributed by atoms with Crippen LogP contribution in [0.4, 0.5) is 4.79 Å². The van der Waals surface area contributed by atoms with E-state index in [-0.39, 0.29) is 18.1 Å². The fourth-order valence-electron chi connectivity index (χ4n) is 3.76. The highest BCUT2D eigenvalue weighted by molar-refractivity contribution is 5.76. The summed E-state index contributed by atoms with van der Waals surface area (Å²) in [5.41, 5.74) is 4.71. The van der Waals surface area contributed by atoms with Gasteiger partial charge in [0, 0.05) is 7.05 Å². The molecule has 0 unspecified atom stereocenters. The molecular weight excluding hydrogens is 320 g/mol. The van der Waals surface area contributed by atoms with Crippen molar-refractivity contribution in [3.05, 3.63) is 107 Å². The van der Waals surface area contributed by atoms with Crippen LogP contribution in [0.5, 0.6) is 0 Å². The average molecular weight is 342 g/mol. The van der Waals surface area contributed by atoms with E-state index in [9.17, 15) is 4.79 Å². The van der Waals surface area contributed by atoms with Crippen LogP contribution in [0.3, 0.4) is 0 Å². The molecule has 1 aliphatic rings. The van der Waals surface area contributed by atoms with Crippen LogP contribution in [0.15, 0.2) is 84.9 Å². The molecule has 0 bridgehead atoms. The number of hydrogen-bond donors (Lipinski definition) is 1. The number of hydrogen-bond acceptors (Lipinski definition) is 1. The highest BCUT2D eigenvalue weighted by Crippen LogP contribution is 2.34.